The van der Waals surface area contributed by atoms with Crippen molar-refractivity contribution in [3.05, 3.63) is 52.2 Å². The highest BCUT2D eigenvalue weighted by Gasteiger charge is 2.30. The molecule has 146 valence electrons. The van der Waals surface area contributed by atoms with E-state index in [4.69, 9.17) is 4.74 Å². The highest BCUT2D eigenvalue weighted by Crippen LogP contribution is 2.29. The average Bonchev–Trinajstić information content (AvgIpc) is 3.18. The molecule has 1 N–H and O–H groups in total. The first-order valence-electron chi connectivity index (χ1n) is 9.58. The van der Waals surface area contributed by atoms with E-state index < -0.39 is 0 Å². The lowest BCUT2D eigenvalue weighted by Gasteiger charge is -2.40. The SMILES string of the molecule is CCOc1ccc(C(=O)N[C@H](C)[C@@H](c2cccs2)N2CCN(C)CC2)cc1. The van der Waals surface area contributed by atoms with Gasteiger partial charge in [0, 0.05) is 42.7 Å². The van der Waals surface area contributed by atoms with Crippen LogP contribution in [-0.2, 0) is 0 Å². The molecule has 2 atom stereocenters. The van der Waals surface area contributed by atoms with Crippen LogP contribution in [0, 0.1) is 0 Å². The van der Waals surface area contributed by atoms with Crippen LogP contribution in [0.1, 0.15) is 35.1 Å². The van der Waals surface area contributed by atoms with E-state index in [1.807, 2.05) is 31.2 Å². The first kappa shape index (κ1) is 19.9. The van der Waals surface area contributed by atoms with Gasteiger partial charge in [-0.05, 0) is 56.6 Å². The molecule has 3 rings (SSSR count). The third-order valence-corrected chi connectivity index (χ3v) is 5.97. The van der Waals surface area contributed by atoms with E-state index in [0.717, 1.165) is 31.9 Å². The zero-order valence-corrected chi connectivity index (χ0v) is 17.2. The summed E-state index contributed by atoms with van der Waals surface area (Å²) >= 11 is 1.76. The minimum Gasteiger partial charge on any atom is -0.494 e. The van der Waals surface area contributed by atoms with Crippen molar-refractivity contribution in [2.24, 2.45) is 0 Å². The number of piperazine rings is 1. The molecule has 1 aromatic carbocycles. The zero-order valence-electron chi connectivity index (χ0n) is 16.4. The van der Waals surface area contributed by atoms with Crippen LogP contribution in [0.25, 0.3) is 0 Å². The minimum atomic E-state index is -0.0405. The Labute approximate surface area is 165 Å². The van der Waals surface area contributed by atoms with Crippen LogP contribution in [0.2, 0.25) is 0 Å². The van der Waals surface area contributed by atoms with Gasteiger partial charge >= 0.3 is 0 Å². The molecule has 0 bridgehead atoms. The molecule has 1 aromatic heterocycles. The summed E-state index contributed by atoms with van der Waals surface area (Å²) in [6.45, 7) is 8.82. The molecule has 0 radical (unpaired) electrons. The van der Waals surface area contributed by atoms with Crippen LogP contribution in [0.15, 0.2) is 41.8 Å². The van der Waals surface area contributed by atoms with Gasteiger partial charge in [-0.2, -0.15) is 0 Å². The summed E-state index contributed by atoms with van der Waals surface area (Å²) in [7, 11) is 2.16. The number of hydrogen-bond donors (Lipinski definition) is 1. The van der Waals surface area contributed by atoms with E-state index in [2.05, 4.69) is 46.6 Å². The maximum absolute atomic E-state index is 12.8. The zero-order chi connectivity index (χ0) is 19.2. The largest absolute Gasteiger partial charge is 0.494 e. The number of carbonyl (C=O) groups excluding carboxylic acids is 1. The summed E-state index contributed by atoms with van der Waals surface area (Å²) < 4.78 is 5.46. The Balaban J connectivity index is 1.70. The van der Waals surface area contributed by atoms with Gasteiger partial charge in [-0.15, -0.1) is 11.3 Å². The van der Waals surface area contributed by atoms with Gasteiger partial charge in [-0.1, -0.05) is 6.07 Å². The molecule has 1 aliphatic heterocycles. The Morgan fingerprint density at radius 2 is 1.89 bits per heavy atom. The average molecular weight is 388 g/mol. The van der Waals surface area contributed by atoms with Gasteiger partial charge in [0.1, 0.15) is 5.75 Å². The van der Waals surface area contributed by atoms with Gasteiger partial charge in [0.2, 0.25) is 0 Å². The molecular formula is C21H29N3O2S. The predicted molar refractivity (Wildman–Crippen MR) is 111 cm³/mol. The van der Waals surface area contributed by atoms with Crippen LogP contribution >= 0.6 is 11.3 Å². The van der Waals surface area contributed by atoms with Crippen molar-refractivity contribution in [1.29, 1.82) is 0 Å². The molecule has 6 heteroatoms. The Morgan fingerprint density at radius 3 is 2.48 bits per heavy atom. The van der Waals surface area contributed by atoms with Crippen molar-refractivity contribution in [2.45, 2.75) is 25.9 Å². The molecule has 1 amide bonds. The van der Waals surface area contributed by atoms with Crippen LogP contribution in [-0.4, -0.2) is 61.6 Å². The smallest absolute Gasteiger partial charge is 0.251 e. The highest BCUT2D eigenvalue weighted by molar-refractivity contribution is 7.10. The normalized spacial score (nSPS) is 18.0. The fourth-order valence-corrected chi connectivity index (χ4v) is 4.50. The summed E-state index contributed by atoms with van der Waals surface area (Å²) in [5.41, 5.74) is 0.661. The molecule has 2 aromatic rings. The number of ether oxygens (including phenoxy) is 1. The Hall–Kier alpha value is -1.89. The monoisotopic (exact) mass is 387 g/mol. The van der Waals surface area contributed by atoms with E-state index in [1.165, 1.54) is 4.88 Å². The molecule has 0 saturated carbocycles. The van der Waals surface area contributed by atoms with Crippen molar-refractivity contribution in [2.75, 3.05) is 39.8 Å². The Morgan fingerprint density at radius 1 is 1.19 bits per heavy atom. The van der Waals surface area contributed by atoms with E-state index in [-0.39, 0.29) is 18.0 Å². The molecular weight excluding hydrogens is 358 g/mol. The number of nitrogens with zero attached hydrogens (tertiary/aromatic N) is 2. The van der Waals surface area contributed by atoms with E-state index in [0.29, 0.717) is 12.2 Å². The van der Waals surface area contributed by atoms with Crippen molar-refractivity contribution in [3.63, 3.8) is 0 Å². The maximum atomic E-state index is 12.8. The molecule has 5 nitrogen and oxygen atoms in total. The third kappa shape index (κ3) is 5.09. The first-order valence-corrected chi connectivity index (χ1v) is 10.5. The second-order valence-corrected chi connectivity index (χ2v) is 8.00. The number of carbonyl (C=O) groups is 1. The third-order valence-electron chi connectivity index (χ3n) is 5.03. The van der Waals surface area contributed by atoms with Crippen LogP contribution in [0.3, 0.4) is 0 Å². The minimum absolute atomic E-state index is 0.0196. The fourth-order valence-electron chi connectivity index (χ4n) is 3.54. The number of amides is 1. The van der Waals surface area contributed by atoms with Gasteiger partial charge in [0.05, 0.1) is 12.6 Å². The van der Waals surface area contributed by atoms with Gasteiger partial charge in [0.25, 0.3) is 5.91 Å². The molecule has 0 unspecified atom stereocenters. The number of hydrogen-bond acceptors (Lipinski definition) is 5. The van der Waals surface area contributed by atoms with Crippen molar-refractivity contribution < 1.29 is 9.53 Å². The number of thiophene rings is 1. The van der Waals surface area contributed by atoms with E-state index in [9.17, 15) is 4.79 Å². The van der Waals surface area contributed by atoms with E-state index >= 15 is 0 Å². The lowest BCUT2D eigenvalue weighted by molar-refractivity contribution is 0.0799. The molecule has 1 fully saturated rings. The Bertz CT molecular complexity index is 710. The summed E-state index contributed by atoms with van der Waals surface area (Å²) in [6, 6.07) is 11.8. The van der Waals surface area contributed by atoms with Crippen LogP contribution in [0.5, 0.6) is 5.75 Å². The highest BCUT2D eigenvalue weighted by atomic mass is 32.1. The first-order chi connectivity index (χ1) is 13.1. The van der Waals surface area contributed by atoms with E-state index in [1.54, 1.807) is 11.3 Å². The lowest BCUT2D eigenvalue weighted by atomic mass is 10.0. The molecule has 1 saturated heterocycles. The van der Waals surface area contributed by atoms with Crippen molar-refractivity contribution in [1.82, 2.24) is 15.1 Å². The molecule has 1 aliphatic rings. The Kier molecular flexibility index (Phi) is 6.88. The quantitative estimate of drug-likeness (QED) is 0.792. The summed E-state index contributed by atoms with van der Waals surface area (Å²) in [5, 5.41) is 5.33. The number of rotatable bonds is 7. The standard InChI is InChI=1S/C21H29N3O2S/c1-4-26-18-9-7-17(8-10-18)21(25)22-16(2)20(19-6-5-15-27-19)24-13-11-23(3)12-14-24/h5-10,15-16,20H,4,11-14H2,1-3H3,(H,22,25)/t16-,20+/m1/s1. The second-order valence-electron chi connectivity index (χ2n) is 7.02. The topological polar surface area (TPSA) is 44.8 Å². The molecule has 0 aliphatic carbocycles. The summed E-state index contributed by atoms with van der Waals surface area (Å²) in [5.74, 6) is 0.747. The van der Waals surface area contributed by atoms with Gasteiger partial charge < -0.3 is 15.0 Å². The second kappa shape index (κ2) is 9.35. The van der Waals surface area contributed by atoms with Crippen molar-refractivity contribution >= 4 is 17.2 Å². The molecule has 2 heterocycles. The van der Waals surface area contributed by atoms with Gasteiger partial charge in [-0.3, -0.25) is 9.69 Å². The lowest BCUT2D eigenvalue weighted by Crippen LogP contribution is -2.51. The summed E-state index contributed by atoms with van der Waals surface area (Å²) in [6.07, 6.45) is 0. The van der Waals surface area contributed by atoms with Crippen LogP contribution < -0.4 is 10.1 Å². The van der Waals surface area contributed by atoms with Gasteiger partial charge in [-0.25, -0.2) is 0 Å². The summed E-state index contributed by atoms with van der Waals surface area (Å²) in [4.78, 5) is 18.9. The fraction of sp³-hybridized carbons (Fsp3) is 0.476. The number of nitrogens with one attached hydrogen (secondary N) is 1. The maximum Gasteiger partial charge on any atom is 0.251 e. The van der Waals surface area contributed by atoms with Crippen LogP contribution in [0.4, 0.5) is 0 Å². The molecule has 27 heavy (non-hydrogen) atoms. The van der Waals surface area contributed by atoms with Crippen molar-refractivity contribution in [3.8, 4) is 5.75 Å². The predicted octanol–water partition coefficient (Wildman–Crippen LogP) is 3.25. The van der Waals surface area contributed by atoms with Gasteiger partial charge in [0.15, 0.2) is 0 Å². The molecule has 0 spiro atoms. The number of benzene rings is 1. The number of likely N-dealkylation sites (N-methyl/N-ethyl adjacent to an activating group) is 1.